The van der Waals surface area contributed by atoms with Crippen LogP contribution in [-0.2, 0) is 23.7 Å². The Labute approximate surface area is 142 Å². The third-order valence-corrected chi connectivity index (χ3v) is 2.49. The Morgan fingerprint density at radius 2 is 1.67 bits per heavy atom. The number of terminal acetylenes is 1. The molecule has 0 radical (unpaired) electrons. The van der Waals surface area contributed by atoms with Gasteiger partial charge in [-0.15, -0.1) is 6.42 Å². The minimum atomic E-state index is -1.33. The largest absolute Gasteiger partial charge is 0.511 e. The van der Waals surface area contributed by atoms with Gasteiger partial charge in [-0.25, -0.2) is 9.59 Å². The van der Waals surface area contributed by atoms with E-state index in [2.05, 4.69) is 5.92 Å². The topological polar surface area (TPSA) is 80.3 Å². The highest BCUT2D eigenvalue weighted by molar-refractivity contribution is 5.61. The Hall–Kier alpha value is -2.20. The second kappa shape index (κ2) is 7.14. The van der Waals surface area contributed by atoms with Crippen molar-refractivity contribution in [1.82, 2.24) is 0 Å². The van der Waals surface area contributed by atoms with Gasteiger partial charge in [0.2, 0.25) is 6.29 Å². The van der Waals surface area contributed by atoms with Crippen molar-refractivity contribution in [2.75, 3.05) is 6.61 Å². The summed E-state index contributed by atoms with van der Waals surface area (Å²) in [7, 11) is 0. The molecule has 7 nitrogen and oxygen atoms in total. The molecule has 0 aromatic carbocycles. The Morgan fingerprint density at radius 1 is 1.12 bits per heavy atom. The van der Waals surface area contributed by atoms with E-state index in [1.807, 2.05) is 0 Å². The summed E-state index contributed by atoms with van der Waals surface area (Å²) < 4.78 is 25.5. The highest BCUT2D eigenvalue weighted by Gasteiger charge is 2.38. The summed E-state index contributed by atoms with van der Waals surface area (Å²) in [6.45, 7) is 9.98. The zero-order chi connectivity index (χ0) is 18.6. The summed E-state index contributed by atoms with van der Waals surface area (Å²) in [5.41, 5.74) is -2.71. The summed E-state index contributed by atoms with van der Waals surface area (Å²) in [6.07, 6.45) is 5.58. The molecule has 0 saturated carbocycles. The summed E-state index contributed by atoms with van der Waals surface area (Å²) in [6, 6.07) is 0. The van der Waals surface area contributed by atoms with Crippen LogP contribution in [0.3, 0.4) is 0 Å². The van der Waals surface area contributed by atoms with Crippen LogP contribution in [0.25, 0.3) is 0 Å². The standard InChI is InChI=1S/C17H24O7/c1-8-17(11-20-13(18)23-15(2,3)4)10-9-12(22-17)21-14(19)24-16(5,6)7/h1,9-10,12H,11H2,2-7H3/t12-,17+/m1/s1. The molecule has 0 fully saturated rings. The molecule has 0 aromatic heterocycles. The predicted octanol–water partition coefficient (Wildman–Crippen LogP) is 3.17. The maximum absolute atomic E-state index is 11.6. The molecule has 134 valence electrons. The van der Waals surface area contributed by atoms with Crippen molar-refractivity contribution in [1.29, 1.82) is 0 Å². The van der Waals surface area contributed by atoms with Gasteiger partial charge in [0.1, 0.15) is 17.8 Å². The van der Waals surface area contributed by atoms with Crippen LogP contribution in [-0.4, -0.2) is 42.0 Å². The molecule has 1 aliphatic heterocycles. The Bertz CT molecular complexity index is 545. The van der Waals surface area contributed by atoms with Gasteiger partial charge < -0.3 is 23.7 Å². The third kappa shape index (κ3) is 6.92. The fourth-order valence-corrected chi connectivity index (χ4v) is 1.60. The Morgan fingerprint density at radius 3 is 2.17 bits per heavy atom. The Balaban J connectivity index is 2.54. The first kappa shape index (κ1) is 19.8. The van der Waals surface area contributed by atoms with Gasteiger partial charge in [-0.2, -0.15) is 0 Å². The molecule has 24 heavy (non-hydrogen) atoms. The van der Waals surface area contributed by atoms with E-state index in [1.54, 1.807) is 41.5 Å². The SMILES string of the molecule is C#C[C@@]1(COC(=O)OC(C)(C)C)C=C[C@H](OC(=O)OC(C)(C)C)O1. The molecular formula is C17H24O7. The van der Waals surface area contributed by atoms with Gasteiger partial charge in [-0.05, 0) is 53.7 Å². The van der Waals surface area contributed by atoms with E-state index in [0.29, 0.717) is 0 Å². The summed E-state index contributed by atoms with van der Waals surface area (Å²) in [4.78, 5) is 23.2. The molecule has 1 rings (SSSR count). The molecular weight excluding hydrogens is 316 g/mol. The van der Waals surface area contributed by atoms with Crippen molar-refractivity contribution in [2.24, 2.45) is 0 Å². The van der Waals surface area contributed by atoms with E-state index >= 15 is 0 Å². The van der Waals surface area contributed by atoms with Crippen LogP contribution >= 0.6 is 0 Å². The maximum Gasteiger partial charge on any atom is 0.511 e. The van der Waals surface area contributed by atoms with Crippen LogP contribution in [0.15, 0.2) is 12.2 Å². The number of hydrogen-bond donors (Lipinski definition) is 0. The van der Waals surface area contributed by atoms with Gasteiger partial charge >= 0.3 is 12.3 Å². The van der Waals surface area contributed by atoms with Crippen LogP contribution in [0.1, 0.15) is 41.5 Å². The van der Waals surface area contributed by atoms with E-state index in [4.69, 9.17) is 30.1 Å². The molecule has 0 saturated heterocycles. The lowest BCUT2D eigenvalue weighted by Crippen LogP contribution is -2.37. The van der Waals surface area contributed by atoms with E-state index in [9.17, 15) is 9.59 Å². The molecule has 0 N–H and O–H groups in total. The molecule has 0 spiro atoms. The van der Waals surface area contributed by atoms with E-state index < -0.39 is 35.4 Å². The third-order valence-electron chi connectivity index (χ3n) is 2.49. The van der Waals surface area contributed by atoms with Gasteiger partial charge in [0.25, 0.3) is 0 Å². The van der Waals surface area contributed by atoms with Crippen molar-refractivity contribution in [3.8, 4) is 12.3 Å². The highest BCUT2D eigenvalue weighted by Crippen LogP contribution is 2.25. The van der Waals surface area contributed by atoms with Gasteiger partial charge in [-0.1, -0.05) is 5.92 Å². The minimum absolute atomic E-state index is 0.275. The van der Waals surface area contributed by atoms with Crippen LogP contribution < -0.4 is 0 Å². The second-order valence-corrected chi connectivity index (χ2v) is 7.21. The molecule has 1 heterocycles. The molecule has 0 amide bonds. The number of ether oxygens (including phenoxy) is 5. The lowest BCUT2D eigenvalue weighted by atomic mass is 10.1. The molecule has 7 heteroatoms. The van der Waals surface area contributed by atoms with Crippen LogP contribution in [0, 0.1) is 12.3 Å². The highest BCUT2D eigenvalue weighted by atomic mass is 16.8. The molecule has 0 aromatic rings. The monoisotopic (exact) mass is 340 g/mol. The quantitative estimate of drug-likeness (QED) is 0.443. The molecule has 0 aliphatic carbocycles. The molecule has 0 bridgehead atoms. The zero-order valence-electron chi connectivity index (χ0n) is 14.9. The van der Waals surface area contributed by atoms with Crippen molar-refractivity contribution < 1.29 is 33.3 Å². The number of carbonyl (C=O) groups excluding carboxylic acids is 2. The summed E-state index contributed by atoms with van der Waals surface area (Å²) in [5.74, 6) is 2.37. The molecule has 0 unspecified atom stereocenters. The van der Waals surface area contributed by atoms with Gasteiger partial charge in [0.05, 0.1) is 0 Å². The van der Waals surface area contributed by atoms with Crippen molar-refractivity contribution >= 4 is 12.3 Å². The average Bonchev–Trinajstić information content (AvgIpc) is 2.76. The van der Waals surface area contributed by atoms with Crippen molar-refractivity contribution in [2.45, 2.75) is 64.6 Å². The molecule has 2 atom stereocenters. The van der Waals surface area contributed by atoms with Crippen LogP contribution in [0.5, 0.6) is 0 Å². The van der Waals surface area contributed by atoms with Crippen LogP contribution in [0.2, 0.25) is 0 Å². The summed E-state index contributed by atoms with van der Waals surface area (Å²) >= 11 is 0. The second-order valence-electron chi connectivity index (χ2n) is 7.21. The maximum atomic E-state index is 11.6. The van der Waals surface area contributed by atoms with E-state index in [0.717, 1.165) is 0 Å². The minimum Gasteiger partial charge on any atom is -0.430 e. The van der Waals surface area contributed by atoms with E-state index in [1.165, 1.54) is 12.2 Å². The van der Waals surface area contributed by atoms with Crippen molar-refractivity contribution in [3.05, 3.63) is 12.2 Å². The van der Waals surface area contributed by atoms with Gasteiger partial charge in [-0.3, -0.25) is 0 Å². The zero-order valence-corrected chi connectivity index (χ0v) is 14.9. The first-order valence-corrected chi connectivity index (χ1v) is 7.44. The van der Waals surface area contributed by atoms with Crippen molar-refractivity contribution in [3.63, 3.8) is 0 Å². The lowest BCUT2D eigenvalue weighted by molar-refractivity contribution is -0.143. The smallest absolute Gasteiger partial charge is 0.430 e. The number of carbonyl (C=O) groups is 2. The number of rotatable bonds is 3. The predicted molar refractivity (Wildman–Crippen MR) is 85.1 cm³/mol. The van der Waals surface area contributed by atoms with Crippen LogP contribution in [0.4, 0.5) is 9.59 Å². The first-order valence-electron chi connectivity index (χ1n) is 7.44. The normalized spacial score (nSPS) is 23.3. The number of hydrogen-bond acceptors (Lipinski definition) is 7. The Kier molecular flexibility index (Phi) is 5.90. The molecule has 1 aliphatic rings. The lowest BCUT2D eigenvalue weighted by Gasteiger charge is -2.25. The fraction of sp³-hybridized carbons (Fsp3) is 0.647. The average molecular weight is 340 g/mol. The fourth-order valence-electron chi connectivity index (χ4n) is 1.60. The van der Waals surface area contributed by atoms with E-state index in [-0.39, 0.29) is 6.61 Å². The van der Waals surface area contributed by atoms with Gasteiger partial charge in [0.15, 0.2) is 5.60 Å². The van der Waals surface area contributed by atoms with Gasteiger partial charge in [0, 0.05) is 0 Å². The summed E-state index contributed by atoms with van der Waals surface area (Å²) in [5, 5.41) is 0. The first-order chi connectivity index (χ1) is 10.8.